The van der Waals surface area contributed by atoms with Crippen molar-refractivity contribution in [3.63, 3.8) is 0 Å². The molecule has 2 rings (SSSR count). The van der Waals surface area contributed by atoms with Gasteiger partial charge in [-0.2, -0.15) is 5.10 Å². The first-order chi connectivity index (χ1) is 9.40. The van der Waals surface area contributed by atoms with Gasteiger partial charge in [0.2, 0.25) is 0 Å². The zero-order valence-corrected chi connectivity index (χ0v) is 14.1. The Labute approximate surface area is 132 Å². The van der Waals surface area contributed by atoms with E-state index < -0.39 is 0 Å². The largest absolute Gasteiger partial charge is 0.389 e. The van der Waals surface area contributed by atoms with Gasteiger partial charge in [0.25, 0.3) is 0 Å². The summed E-state index contributed by atoms with van der Waals surface area (Å²) >= 11 is 8.50. The fourth-order valence-electron chi connectivity index (χ4n) is 2.07. The summed E-state index contributed by atoms with van der Waals surface area (Å²) in [6.45, 7) is 4.83. The van der Waals surface area contributed by atoms with Crippen LogP contribution in [0.4, 0.5) is 5.69 Å². The van der Waals surface area contributed by atoms with Gasteiger partial charge in [-0.25, -0.2) is 0 Å². The van der Waals surface area contributed by atoms with E-state index in [0.717, 1.165) is 28.0 Å². The lowest BCUT2D eigenvalue weighted by Gasteiger charge is -2.10. The Hall–Kier alpha value is -1.40. The van der Waals surface area contributed by atoms with Crippen molar-refractivity contribution in [2.24, 2.45) is 12.8 Å². The van der Waals surface area contributed by atoms with Crippen LogP contribution >= 0.6 is 28.1 Å². The third-order valence-electron chi connectivity index (χ3n) is 3.37. The Balaban J connectivity index is 2.17. The number of nitrogens with zero attached hydrogens (tertiary/aromatic N) is 2. The van der Waals surface area contributed by atoms with E-state index in [1.807, 2.05) is 36.9 Å². The smallest absolute Gasteiger partial charge is 0.104 e. The molecule has 0 bridgehead atoms. The topological polar surface area (TPSA) is 55.9 Å². The van der Waals surface area contributed by atoms with Crippen molar-refractivity contribution in [3.05, 3.63) is 45.2 Å². The summed E-state index contributed by atoms with van der Waals surface area (Å²) in [6.07, 6.45) is 0. The molecule has 0 unspecified atom stereocenters. The first-order valence-corrected chi connectivity index (χ1v) is 7.42. The minimum atomic E-state index is 0.399. The van der Waals surface area contributed by atoms with E-state index >= 15 is 0 Å². The number of thiocarbonyl (C=S) groups is 1. The monoisotopic (exact) mass is 352 g/mol. The van der Waals surface area contributed by atoms with Gasteiger partial charge in [0.05, 0.1) is 5.69 Å². The first-order valence-electron chi connectivity index (χ1n) is 6.22. The molecule has 0 spiro atoms. The standard InChI is InChI=1S/C14H17BrN4S/c1-8-11(9(2)19(3)18-8)7-17-13-5-4-10(14(16)20)6-12(13)15/h4-6,17H,7H2,1-3H3,(H2,16,20). The van der Waals surface area contributed by atoms with Crippen LogP contribution in [0.2, 0.25) is 0 Å². The summed E-state index contributed by atoms with van der Waals surface area (Å²) in [5, 5.41) is 7.82. The number of hydrogen-bond donors (Lipinski definition) is 2. The summed E-state index contributed by atoms with van der Waals surface area (Å²) < 4.78 is 2.85. The van der Waals surface area contributed by atoms with E-state index in [9.17, 15) is 0 Å². The Morgan fingerprint density at radius 1 is 1.45 bits per heavy atom. The van der Waals surface area contributed by atoms with Crippen LogP contribution in [0, 0.1) is 13.8 Å². The molecule has 0 radical (unpaired) electrons. The fourth-order valence-corrected chi connectivity index (χ4v) is 2.71. The summed E-state index contributed by atoms with van der Waals surface area (Å²) in [4.78, 5) is 0.399. The summed E-state index contributed by atoms with van der Waals surface area (Å²) in [5.41, 5.74) is 10.9. The summed E-state index contributed by atoms with van der Waals surface area (Å²) in [7, 11) is 1.96. The number of rotatable bonds is 4. The molecule has 0 aliphatic rings. The lowest BCUT2D eigenvalue weighted by Crippen LogP contribution is -2.09. The second-order valence-electron chi connectivity index (χ2n) is 4.69. The van der Waals surface area contributed by atoms with Crippen LogP contribution in [-0.4, -0.2) is 14.8 Å². The van der Waals surface area contributed by atoms with Crippen LogP contribution in [0.3, 0.4) is 0 Å². The second kappa shape index (κ2) is 5.93. The van der Waals surface area contributed by atoms with Crippen molar-refractivity contribution in [3.8, 4) is 0 Å². The number of hydrogen-bond acceptors (Lipinski definition) is 3. The minimum absolute atomic E-state index is 0.399. The molecule has 0 aliphatic heterocycles. The van der Waals surface area contributed by atoms with Gasteiger partial charge in [0.1, 0.15) is 4.99 Å². The lowest BCUT2D eigenvalue weighted by atomic mass is 10.1. The van der Waals surface area contributed by atoms with E-state index in [-0.39, 0.29) is 0 Å². The average molecular weight is 353 g/mol. The molecule has 0 atom stereocenters. The van der Waals surface area contributed by atoms with Crippen molar-refractivity contribution in [1.29, 1.82) is 0 Å². The Bertz CT molecular complexity index is 663. The van der Waals surface area contributed by atoms with Gasteiger partial charge in [-0.15, -0.1) is 0 Å². The van der Waals surface area contributed by atoms with Crippen molar-refractivity contribution in [2.45, 2.75) is 20.4 Å². The molecule has 0 fully saturated rings. The highest BCUT2D eigenvalue weighted by Crippen LogP contribution is 2.25. The van der Waals surface area contributed by atoms with Gasteiger partial charge in [0, 0.05) is 40.6 Å². The molecule has 0 saturated heterocycles. The van der Waals surface area contributed by atoms with Crippen LogP contribution in [0.15, 0.2) is 22.7 Å². The van der Waals surface area contributed by atoms with Crippen molar-refractivity contribution >= 4 is 38.8 Å². The van der Waals surface area contributed by atoms with E-state index in [1.54, 1.807) is 0 Å². The van der Waals surface area contributed by atoms with Crippen molar-refractivity contribution in [2.75, 3.05) is 5.32 Å². The van der Waals surface area contributed by atoms with Crippen LogP contribution in [0.5, 0.6) is 0 Å². The number of benzene rings is 1. The van der Waals surface area contributed by atoms with Gasteiger partial charge in [0.15, 0.2) is 0 Å². The molecule has 0 saturated carbocycles. The lowest BCUT2D eigenvalue weighted by molar-refractivity contribution is 0.730. The highest BCUT2D eigenvalue weighted by Gasteiger charge is 2.10. The quantitative estimate of drug-likeness (QED) is 0.830. The summed E-state index contributed by atoms with van der Waals surface area (Å²) in [5.74, 6) is 0. The molecule has 1 heterocycles. The number of nitrogens with two attached hydrogens (primary N) is 1. The van der Waals surface area contributed by atoms with Crippen LogP contribution < -0.4 is 11.1 Å². The van der Waals surface area contributed by atoms with E-state index in [4.69, 9.17) is 18.0 Å². The molecule has 1 aromatic carbocycles. The van der Waals surface area contributed by atoms with Crippen LogP contribution in [0.25, 0.3) is 0 Å². The molecule has 1 aromatic heterocycles. The van der Waals surface area contributed by atoms with Gasteiger partial charge in [-0.3, -0.25) is 4.68 Å². The fraction of sp³-hybridized carbons (Fsp3) is 0.286. The van der Waals surface area contributed by atoms with E-state index in [2.05, 4.69) is 33.3 Å². The average Bonchev–Trinajstić information content (AvgIpc) is 2.62. The normalized spacial score (nSPS) is 10.6. The number of anilines is 1. The van der Waals surface area contributed by atoms with Crippen LogP contribution in [0.1, 0.15) is 22.5 Å². The van der Waals surface area contributed by atoms with Gasteiger partial charge in [-0.05, 0) is 48.0 Å². The first kappa shape index (κ1) is 15.0. The zero-order valence-electron chi connectivity index (χ0n) is 11.7. The third-order valence-corrected chi connectivity index (χ3v) is 4.26. The number of aryl methyl sites for hydroxylation is 2. The molecule has 6 heteroatoms. The molecule has 0 amide bonds. The molecular formula is C14H17BrN4S. The van der Waals surface area contributed by atoms with Gasteiger partial charge < -0.3 is 11.1 Å². The maximum Gasteiger partial charge on any atom is 0.104 e. The zero-order chi connectivity index (χ0) is 14.9. The second-order valence-corrected chi connectivity index (χ2v) is 5.98. The molecule has 3 N–H and O–H groups in total. The van der Waals surface area contributed by atoms with Crippen molar-refractivity contribution in [1.82, 2.24) is 9.78 Å². The Morgan fingerprint density at radius 3 is 2.65 bits per heavy atom. The van der Waals surface area contributed by atoms with Crippen LogP contribution in [-0.2, 0) is 13.6 Å². The predicted octanol–water partition coefficient (Wildman–Crippen LogP) is 3.05. The molecular weight excluding hydrogens is 336 g/mol. The highest BCUT2D eigenvalue weighted by atomic mass is 79.9. The minimum Gasteiger partial charge on any atom is -0.389 e. The molecule has 106 valence electrons. The third kappa shape index (κ3) is 3.02. The highest BCUT2D eigenvalue weighted by molar-refractivity contribution is 9.10. The Morgan fingerprint density at radius 2 is 2.15 bits per heavy atom. The van der Waals surface area contributed by atoms with E-state index in [0.29, 0.717) is 4.99 Å². The summed E-state index contributed by atoms with van der Waals surface area (Å²) in [6, 6.07) is 5.81. The number of halogens is 1. The van der Waals surface area contributed by atoms with Crippen molar-refractivity contribution < 1.29 is 0 Å². The number of aromatic nitrogens is 2. The predicted molar refractivity (Wildman–Crippen MR) is 90.0 cm³/mol. The van der Waals surface area contributed by atoms with E-state index in [1.165, 1.54) is 11.3 Å². The molecule has 2 aromatic rings. The molecule has 0 aliphatic carbocycles. The molecule has 4 nitrogen and oxygen atoms in total. The SMILES string of the molecule is Cc1nn(C)c(C)c1CNc1ccc(C(N)=S)cc1Br. The maximum atomic E-state index is 5.62. The molecule has 20 heavy (non-hydrogen) atoms. The van der Waals surface area contributed by atoms with Gasteiger partial charge in [-0.1, -0.05) is 12.2 Å². The maximum absolute atomic E-state index is 5.62. The van der Waals surface area contributed by atoms with Gasteiger partial charge >= 0.3 is 0 Å². The Kier molecular flexibility index (Phi) is 4.45. The number of nitrogens with one attached hydrogen (secondary N) is 1.